The van der Waals surface area contributed by atoms with E-state index in [1.54, 1.807) is 12.5 Å². The molecule has 3 aromatic rings. The fourth-order valence-corrected chi connectivity index (χ4v) is 2.65. The summed E-state index contributed by atoms with van der Waals surface area (Å²) in [4.78, 5) is 11.1. The maximum Gasteiger partial charge on any atom is 0.224 e. The van der Waals surface area contributed by atoms with E-state index < -0.39 is 0 Å². The zero-order valence-electron chi connectivity index (χ0n) is 12.6. The first-order valence-corrected chi connectivity index (χ1v) is 7.61. The summed E-state index contributed by atoms with van der Waals surface area (Å²) in [5.41, 5.74) is 1.20. The van der Waals surface area contributed by atoms with E-state index in [0.717, 1.165) is 31.3 Å². The molecule has 1 aliphatic heterocycles. The SMILES string of the molecule is c1ccc(CNc2nccc(N3CCn4cnnc4C3)n2)cc1. The van der Waals surface area contributed by atoms with E-state index in [9.17, 15) is 0 Å². The van der Waals surface area contributed by atoms with Crippen molar-refractivity contribution in [3.05, 3.63) is 60.3 Å². The molecule has 0 bridgehead atoms. The number of rotatable bonds is 4. The van der Waals surface area contributed by atoms with Crippen LogP contribution in [0.5, 0.6) is 0 Å². The van der Waals surface area contributed by atoms with Crippen molar-refractivity contribution >= 4 is 11.8 Å². The second-order valence-corrected chi connectivity index (χ2v) is 5.44. The smallest absolute Gasteiger partial charge is 0.224 e. The van der Waals surface area contributed by atoms with Gasteiger partial charge in [0.25, 0.3) is 0 Å². The topological polar surface area (TPSA) is 71.8 Å². The normalized spacial score (nSPS) is 13.7. The lowest BCUT2D eigenvalue weighted by atomic mass is 10.2. The van der Waals surface area contributed by atoms with Gasteiger partial charge in [-0.1, -0.05) is 30.3 Å². The fourth-order valence-electron chi connectivity index (χ4n) is 2.65. The van der Waals surface area contributed by atoms with Crippen LogP contribution in [0.3, 0.4) is 0 Å². The molecule has 0 aliphatic carbocycles. The van der Waals surface area contributed by atoms with Gasteiger partial charge in [-0.2, -0.15) is 4.98 Å². The molecule has 1 N–H and O–H groups in total. The van der Waals surface area contributed by atoms with Crippen molar-refractivity contribution in [1.29, 1.82) is 0 Å². The van der Waals surface area contributed by atoms with Crippen LogP contribution in [0, 0.1) is 0 Å². The lowest BCUT2D eigenvalue weighted by molar-refractivity contribution is 0.556. The Bertz CT molecular complexity index is 784. The molecule has 1 aromatic carbocycles. The Hall–Kier alpha value is -2.96. The van der Waals surface area contributed by atoms with Crippen molar-refractivity contribution in [3.63, 3.8) is 0 Å². The van der Waals surface area contributed by atoms with Gasteiger partial charge >= 0.3 is 0 Å². The molecule has 1 aliphatic rings. The number of hydrogen-bond acceptors (Lipinski definition) is 6. The Morgan fingerprint density at radius 1 is 1.09 bits per heavy atom. The lowest BCUT2D eigenvalue weighted by Gasteiger charge is -2.28. The summed E-state index contributed by atoms with van der Waals surface area (Å²) in [6.07, 6.45) is 3.56. The van der Waals surface area contributed by atoms with Crippen molar-refractivity contribution in [3.8, 4) is 0 Å². The zero-order valence-corrected chi connectivity index (χ0v) is 12.6. The molecular formula is C16H17N7. The first-order valence-electron chi connectivity index (χ1n) is 7.61. The number of aromatic nitrogens is 5. The molecule has 0 radical (unpaired) electrons. The highest BCUT2D eigenvalue weighted by atomic mass is 15.3. The molecule has 3 heterocycles. The van der Waals surface area contributed by atoms with Crippen LogP contribution in [0.15, 0.2) is 48.9 Å². The van der Waals surface area contributed by atoms with Crippen molar-refractivity contribution in [2.24, 2.45) is 0 Å². The number of hydrogen-bond donors (Lipinski definition) is 1. The van der Waals surface area contributed by atoms with Gasteiger partial charge in [-0.15, -0.1) is 10.2 Å². The first kappa shape index (κ1) is 13.7. The Morgan fingerprint density at radius 2 is 2.00 bits per heavy atom. The summed E-state index contributed by atoms with van der Waals surface area (Å²) in [5, 5.41) is 11.4. The van der Waals surface area contributed by atoms with Crippen LogP contribution < -0.4 is 10.2 Å². The van der Waals surface area contributed by atoms with Crippen LogP contribution in [-0.2, 0) is 19.6 Å². The molecule has 0 spiro atoms. The molecule has 7 heteroatoms. The molecule has 0 saturated heterocycles. The van der Waals surface area contributed by atoms with E-state index in [1.165, 1.54) is 5.56 Å². The highest BCUT2D eigenvalue weighted by Gasteiger charge is 2.18. The standard InChI is InChI=1S/C16H17N7/c1-2-4-13(5-3-1)10-18-16-17-7-6-14(20-16)22-8-9-23-12-19-21-15(23)11-22/h1-7,12H,8-11H2,(H,17,18,20). The van der Waals surface area contributed by atoms with Gasteiger partial charge in [-0.25, -0.2) is 4.98 Å². The predicted molar refractivity (Wildman–Crippen MR) is 86.9 cm³/mol. The molecule has 0 unspecified atom stereocenters. The van der Waals surface area contributed by atoms with Gasteiger partial charge in [0.1, 0.15) is 12.1 Å². The van der Waals surface area contributed by atoms with E-state index in [2.05, 4.69) is 47.1 Å². The van der Waals surface area contributed by atoms with Crippen molar-refractivity contribution in [2.45, 2.75) is 19.6 Å². The monoisotopic (exact) mass is 307 g/mol. The van der Waals surface area contributed by atoms with Gasteiger partial charge in [0.15, 0.2) is 5.82 Å². The van der Waals surface area contributed by atoms with Crippen LogP contribution in [0.25, 0.3) is 0 Å². The highest BCUT2D eigenvalue weighted by Crippen LogP contribution is 2.18. The molecule has 0 fully saturated rings. The average Bonchev–Trinajstić information content (AvgIpc) is 3.09. The van der Waals surface area contributed by atoms with Crippen LogP contribution >= 0.6 is 0 Å². The summed E-state index contributed by atoms with van der Waals surface area (Å²) in [6.45, 7) is 3.19. The maximum absolute atomic E-state index is 4.62. The average molecular weight is 307 g/mol. The van der Waals surface area contributed by atoms with Crippen LogP contribution in [0.4, 0.5) is 11.8 Å². The van der Waals surface area contributed by atoms with E-state index in [1.807, 2.05) is 24.3 Å². The molecule has 2 aromatic heterocycles. The third-order valence-corrected chi connectivity index (χ3v) is 3.90. The number of anilines is 2. The Labute approximate surface area is 134 Å². The van der Waals surface area contributed by atoms with E-state index in [0.29, 0.717) is 12.5 Å². The summed E-state index contributed by atoms with van der Waals surface area (Å²) in [5.74, 6) is 2.51. The first-order chi connectivity index (χ1) is 11.4. The van der Waals surface area contributed by atoms with Gasteiger partial charge in [0, 0.05) is 25.8 Å². The minimum atomic E-state index is 0.637. The summed E-state index contributed by atoms with van der Waals surface area (Å²) in [7, 11) is 0. The highest BCUT2D eigenvalue weighted by molar-refractivity contribution is 5.43. The van der Waals surface area contributed by atoms with Crippen molar-refractivity contribution in [1.82, 2.24) is 24.7 Å². The van der Waals surface area contributed by atoms with Crippen molar-refractivity contribution < 1.29 is 0 Å². The molecule has 116 valence electrons. The van der Waals surface area contributed by atoms with E-state index >= 15 is 0 Å². The Morgan fingerprint density at radius 3 is 2.91 bits per heavy atom. The Balaban J connectivity index is 1.46. The summed E-state index contributed by atoms with van der Waals surface area (Å²) < 4.78 is 2.08. The van der Waals surface area contributed by atoms with Gasteiger partial charge in [0.2, 0.25) is 5.95 Å². The number of nitrogens with one attached hydrogen (secondary N) is 1. The Kier molecular flexibility index (Phi) is 3.59. The van der Waals surface area contributed by atoms with E-state index in [-0.39, 0.29) is 0 Å². The second kappa shape index (κ2) is 6.04. The zero-order chi connectivity index (χ0) is 15.5. The van der Waals surface area contributed by atoms with E-state index in [4.69, 9.17) is 0 Å². The van der Waals surface area contributed by atoms with Crippen LogP contribution in [0.2, 0.25) is 0 Å². The molecule has 4 rings (SSSR count). The third kappa shape index (κ3) is 2.98. The molecule has 23 heavy (non-hydrogen) atoms. The summed E-state index contributed by atoms with van der Waals surface area (Å²) >= 11 is 0. The minimum absolute atomic E-state index is 0.637. The number of nitrogens with zero attached hydrogens (tertiary/aromatic N) is 6. The number of benzene rings is 1. The molecule has 0 saturated carbocycles. The molecule has 7 nitrogen and oxygen atoms in total. The van der Waals surface area contributed by atoms with Crippen molar-refractivity contribution in [2.75, 3.05) is 16.8 Å². The molecule has 0 atom stereocenters. The quantitative estimate of drug-likeness (QED) is 0.791. The number of fused-ring (bicyclic) bond motifs is 1. The molecule has 0 amide bonds. The maximum atomic E-state index is 4.62. The van der Waals surface area contributed by atoms with Gasteiger partial charge in [-0.05, 0) is 11.6 Å². The predicted octanol–water partition coefficient (Wildman–Crippen LogP) is 1.70. The van der Waals surface area contributed by atoms with Gasteiger partial charge in [0.05, 0.1) is 6.54 Å². The molecular weight excluding hydrogens is 290 g/mol. The minimum Gasteiger partial charge on any atom is -0.350 e. The third-order valence-electron chi connectivity index (χ3n) is 3.90. The second-order valence-electron chi connectivity index (χ2n) is 5.44. The largest absolute Gasteiger partial charge is 0.350 e. The summed E-state index contributed by atoms with van der Waals surface area (Å²) in [6, 6.07) is 12.1. The van der Waals surface area contributed by atoms with Crippen LogP contribution in [0.1, 0.15) is 11.4 Å². The van der Waals surface area contributed by atoms with Gasteiger partial charge in [-0.3, -0.25) is 0 Å². The van der Waals surface area contributed by atoms with Gasteiger partial charge < -0.3 is 14.8 Å². The van der Waals surface area contributed by atoms with Crippen LogP contribution in [-0.4, -0.2) is 31.3 Å². The lowest BCUT2D eigenvalue weighted by Crippen LogP contribution is -2.34. The fraction of sp³-hybridized carbons (Fsp3) is 0.250.